The Balaban J connectivity index is 2.56. The number of rotatable bonds is 7. The average Bonchev–Trinajstić information content (AvgIpc) is 2.88. The molecule has 132 valence electrons. The maximum atomic E-state index is 11.0. The lowest BCUT2D eigenvalue weighted by Gasteiger charge is -2.13. The van der Waals surface area contributed by atoms with Gasteiger partial charge in [-0.1, -0.05) is 20.8 Å². The Hall–Kier alpha value is -1.61. The summed E-state index contributed by atoms with van der Waals surface area (Å²) in [6.07, 6.45) is 2.85. The molecular weight excluding hydrogens is 318 g/mol. The lowest BCUT2D eigenvalue weighted by molar-refractivity contribution is 0.383. The number of nitrogens with zero attached hydrogens (tertiary/aromatic N) is 2. The molecule has 1 heterocycles. The van der Waals surface area contributed by atoms with E-state index in [1.54, 1.807) is 6.20 Å². The Labute approximate surface area is 138 Å². The van der Waals surface area contributed by atoms with Gasteiger partial charge in [-0.25, -0.2) is 23.1 Å². The molecule has 0 saturated carbocycles. The molecule has 0 fully saturated rings. The highest BCUT2D eigenvalue weighted by molar-refractivity contribution is 7.88. The molecule has 0 amide bonds. The average molecular weight is 345 g/mol. The summed E-state index contributed by atoms with van der Waals surface area (Å²) in [5.41, 5.74) is -0.0883. The summed E-state index contributed by atoms with van der Waals surface area (Å²) in [5.74, 6) is 1.94. The van der Waals surface area contributed by atoms with Crippen LogP contribution in [0.3, 0.4) is 0 Å². The maximum Gasteiger partial charge on any atom is 0.216 e. The zero-order valence-corrected chi connectivity index (χ0v) is 15.2. The Kier molecular flexibility index (Phi) is 7.01. The molecule has 0 atom stereocenters. The number of hydrogen-bond donors (Lipinski definition) is 3. The molecule has 0 aliphatic heterocycles. The largest absolute Gasteiger partial charge is 0.443 e. The number of hydrogen-bond acceptors (Lipinski definition) is 5. The monoisotopic (exact) mass is 345 g/mol. The van der Waals surface area contributed by atoms with Gasteiger partial charge < -0.3 is 15.1 Å². The predicted octanol–water partition coefficient (Wildman–Crippen LogP) is 0.576. The molecule has 0 spiro atoms. The number of guanidine groups is 1. The summed E-state index contributed by atoms with van der Waals surface area (Å²) in [5, 5.41) is 6.12. The van der Waals surface area contributed by atoms with Gasteiger partial charge in [0, 0.05) is 25.0 Å². The maximum absolute atomic E-state index is 11.0. The number of sulfonamides is 1. The molecule has 0 saturated heterocycles. The van der Waals surface area contributed by atoms with E-state index < -0.39 is 10.0 Å². The van der Waals surface area contributed by atoms with Gasteiger partial charge in [0.05, 0.1) is 12.5 Å². The van der Waals surface area contributed by atoms with Crippen molar-refractivity contribution in [3.05, 3.63) is 17.8 Å². The quantitative estimate of drug-likeness (QED) is 0.379. The lowest BCUT2D eigenvalue weighted by Crippen LogP contribution is -2.41. The van der Waals surface area contributed by atoms with Crippen LogP contribution in [0.25, 0.3) is 0 Å². The van der Waals surface area contributed by atoms with Crippen LogP contribution in [0.2, 0.25) is 0 Å². The first kappa shape index (κ1) is 19.4. The van der Waals surface area contributed by atoms with Crippen LogP contribution in [0.5, 0.6) is 0 Å². The summed E-state index contributed by atoms with van der Waals surface area (Å²) in [7, 11) is -3.18. The number of oxazole rings is 1. The first-order chi connectivity index (χ1) is 10.6. The molecule has 1 aromatic rings. The fourth-order valence-electron chi connectivity index (χ4n) is 1.64. The highest BCUT2D eigenvalue weighted by atomic mass is 32.2. The second-order valence-electron chi connectivity index (χ2n) is 6.16. The predicted molar refractivity (Wildman–Crippen MR) is 90.9 cm³/mol. The van der Waals surface area contributed by atoms with Gasteiger partial charge in [-0.2, -0.15) is 0 Å². The van der Waals surface area contributed by atoms with Crippen LogP contribution in [0.1, 0.15) is 39.3 Å². The van der Waals surface area contributed by atoms with E-state index in [2.05, 4.69) is 46.1 Å². The van der Waals surface area contributed by atoms with Gasteiger partial charge in [-0.05, 0) is 6.92 Å². The van der Waals surface area contributed by atoms with Gasteiger partial charge in [0.25, 0.3) is 0 Å². The highest BCUT2D eigenvalue weighted by Crippen LogP contribution is 2.22. The van der Waals surface area contributed by atoms with Crippen molar-refractivity contribution < 1.29 is 12.8 Å². The van der Waals surface area contributed by atoms with Crippen molar-refractivity contribution in [3.63, 3.8) is 0 Å². The second-order valence-corrected chi connectivity index (χ2v) is 7.99. The van der Waals surface area contributed by atoms with Gasteiger partial charge in [-0.3, -0.25) is 0 Å². The molecule has 23 heavy (non-hydrogen) atoms. The number of aliphatic imine (C=N–C) groups is 1. The third kappa shape index (κ3) is 7.98. The standard InChI is InChI=1S/C14H27N5O3S/c1-6-15-13(16-7-8-19-23(5,20)21)18-10-12-17-9-11(22-12)14(2,3)4/h9,19H,6-8,10H2,1-5H3,(H2,15,16,18). The third-order valence-corrected chi connectivity index (χ3v) is 3.52. The Morgan fingerprint density at radius 2 is 2.00 bits per heavy atom. The van der Waals surface area contributed by atoms with Crippen LogP contribution in [0, 0.1) is 0 Å². The second kappa shape index (κ2) is 8.30. The molecule has 0 radical (unpaired) electrons. The Morgan fingerprint density at radius 3 is 2.52 bits per heavy atom. The minimum Gasteiger partial charge on any atom is -0.443 e. The molecule has 3 N–H and O–H groups in total. The van der Waals surface area contributed by atoms with Crippen molar-refractivity contribution in [2.24, 2.45) is 4.99 Å². The molecule has 0 unspecified atom stereocenters. The molecule has 0 aliphatic rings. The van der Waals surface area contributed by atoms with Crippen molar-refractivity contribution in [3.8, 4) is 0 Å². The minimum absolute atomic E-state index is 0.0883. The fourth-order valence-corrected chi connectivity index (χ4v) is 2.11. The van der Waals surface area contributed by atoms with Crippen molar-refractivity contribution in [1.82, 2.24) is 20.3 Å². The van der Waals surface area contributed by atoms with Crippen molar-refractivity contribution in [2.45, 2.75) is 39.7 Å². The van der Waals surface area contributed by atoms with E-state index in [1.165, 1.54) is 0 Å². The number of aromatic nitrogens is 1. The van der Waals surface area contributed by atoms with Crippen LogP contribution in [-0.2, 0) is 22.0 Å². The van der Waals surface area contributed by atoms with Gasteiger partial charge >= 0.3 is 0 Å². The van der Waals surface area contributed by atoms with Crippen LogP contribution in [-0.4, -0.2) is 45.3 Å². The zero-order valence-electron chi connectivity index (χ0n) is 14.4. The van der Waals surface area contributed by atoms with Gasteiger partial charge in [0.15, 0.2) is 5.96 Å². The van der Waals surface area contributed by atoms with Crippen LogP contribution in [0.4, 0.5) is 0 Å². The van der Waals surface area contributed by atoms with E-state index in [0.717, 1.165) is 12.0 Å². The molecule has 0 aromatic carbocycles. The van der Waals surface area contributed by atoms with Gasteiger partial charge in [0.2, 0.25) is 15.9 Å². The summed E-state index contributed by atoms with van der Waals surface area (Å²) in [6.45, 7) is 9.85. The summed E-state index contributed by atoms with van der Waals surface area (Å²) >= 11 is 0. The SMILES string of the molecule is CCNC(=NCc1ncc(C(C)(C)C)o1)NCCNS(C)(=O)=O. The molecule has 1 rings (SSSR count). The van der Waals surface area contributed by atoms with E-state index in [-0.39, 0.29) is 12.0 Å². The van der Waals surface area contributed by atoms with Crippen LogP contribution >= 0.6 is 0 Å². The molecular formula is C14H27N5O3S. The highest BCUT2D eigenvalue weighted by Gasteiger charge is 2.18. The van der Waals surface area contributed by atoms with E-state index in [0.29, 0.717) is 31.5 Å². The molecule has 0 aliphatic carbocycles. The van der Waals surface area contributed by atoms with E-state index in [9.17, 15) is 8.42 Å². The molecule has 8 nitrogen and oxygen atoms in total. The molecule has 1 aromatic heterocycles. The van der Waals surface area contributed by atoms with Gasteiger partial charge in [0.1, 0.15) is 12.3 Å². The lowest BCUT2D eigenvalue weighted by atomic mass is 9.94. The summed E-state index contributed by atoms with van der Waals surface area (Å²) in [6, 6.07) is 0. The van der Waals surface area contributed by atoms with E-state index >= 15 is 0 Å². The smallest absolute Gasteiger partial charge is 0.216 e. The van der Waals surface area contributed by atoms with Crippen molar-refractivity contribution >= 4 is 16.0 Å². The topological polar surface area (TPSA) is 109 Å². The summed E-state index contributed by atoms with van der Waals surface area (Å²) < 4.78 is 30.1. The third-order valence-electron chi connectivity index (χ3n) is 2.79. The Morgan fingerprint density at radius 1 is 1.30 bits per heavy atom. The zero-order chi connectivity index (χ0) is 17.5. The van der Waals surface area contributed by atoms with Crippen molar-refractivity contribution in [1.29, 1.82) is 0 Å². The minimum atomic E-state index is -3.18. The summed E-state index contributed by atoms with van der Waals surface area (Å²) in [4.78, 5) is 8.60. The first-order valence-electron chi connectivity index (χ1n) is 7.54. The first-order valence-corrected chi connectivity index (χ1v) is 9.43. The van der Waals surface area contributed by atoms with Crippen LogP contribution < -0.4 is 15.4 Å². The van der Waals surface area contributed by atoms with E-state index in [1.807, 2.05) is 6.92 Å². The van der Waals surface area contributed by atoms with E-state index in [4.69, 9.17) is 4.42 Å². The van der Waals surface area contributed by atoms with Gasteiger partial charge in [-0.15, -0.1) is 0 Å². The fraction of sp³-hybridized carbons (Fsp3) is 0.714. The van der Waals surface area contributed by atoms with Crippen molar-refractivity contribution in [2.75, 3.05) is 25.9 Å². The van der Waals surface area contributed by atoms with Crippen LogP contribution in [0.15, 0.2) is 15.6 Å². The molecule has 0 bridgehead atoms. The molecule has 9 heteroatoms. The normalized spacial score (nSPS) is 13.2. The number of nitrogens with one attached hydrogen (secondary N) is 3. The Bertz CT molecular complexity index is 617.